The number of rotatable bonds is 2. The van der Waals surface area contributed by atoms with Gasteiger partial charge in [-0.2, -0.15) is 10.4 Å². The molecule has 0 fully saturated rings. The zero-order valence-electron chi connectivity index (χ0n) is 8.74. The van der Waals surface area contributed by atoms with Crippen molar-refractivity contribution in [3.63, 3.8) is 0 Å². The monoisotopic (exact) mass is 271 g/mol. The molecule has 18 heavy (non-hydrogen) atoms. The number of alkyl halides is 2. The Kier molecular flexibility index (Phi) is 3.26. The lowest BCUT2D eigenvalue weighted by atomic mass is 10.3. The SMILES string of the molecule is N#Cc1c(C(F)F)nn(-c2cccc(F)c2)c1Cl. The Labute approximate surface area is 105 Å². The summed E-state index contributed by atoms with van der Waals surface area (Å²) >= 11 is 5.78. The second kappa shape index (κ2) is 4.70. The minimum Gasteiger partial charge on any atom is -0.220 e. The van der Waals surface area contributed by atoms with Crippen LogP contribution in [-0.4, -0.2) is 9.78 Å². The largest absolute Gasteiger partial charge is 0.283 e. The van der Waals surface area contributed by atoms with Crippen LogP contribution in [0, 0.1) is 17.1 Å². The molecule has 0 aliphatic carbocycles. The summed E-state index contributed by atoms with van der Waals surface area (Å²) in [5, 5.41) is 12.0. The fourth-order valence-electron chi connectivity index (χ4n) is 1.45. The second-order valence-electron chi connectivity index (χ2n) is 3.36. The van der Waals surface area contributed by atoms with Crippen LogP contribution >= 0.6 is 11.6 Å². The predicted octanol–water partition coefficient (Wildman–Crippen LogP) is 3.47. The highest BCUT2D eigenvalue weighted by molar-refractivity contribution is 6.31. The normalized spacial score (nSPS) is 10.7. The first kappa shape index (κ1) is 12.5. The Balaban J connectivity index is 2.63. The Bertz CT molecular complexity index is 631. The van der Waals surface area contributed by atoms with Gasteiger partial charge in [-0.05, 0) is 18.2 Å². The molecule has 0 aliphatic heterocycles. The molecule has 0 atom stereocenters. The highest BCUT2D eigenvalue weighted by Gasteiger charge is 2.23. The number of hydrogen-bond acceptors (Lipinski definition) is 2. The molecule has 92 valence electrons. The maximum absolute atomic E-state index is 13.0. The minimum atomic E-state index is -2.92. The first-order valence-electron chi connectivity index (χ1n) is 4.77. The number of halogens is 4. The fraction of sp³-hybridized carbons (Fsp3) is 0.0909. The van der Waals surface area contributed by atoms with Gasteiger partial charge in [-0.3, -0.25) is 0 Å². The third-order valence-corrected chi connectivity index (χ3v) is 2.58. The van der Waals surface area contributed by atoms with Gasteiger partial charge in [0.15, 0.2) is 5.15 Å². The summed E-state index contributed by atoms with van der Waals surface area (Å²) in [4.78, 5) is 0. The van der Waals surface area contributed by atoms with E-state index in [-0.39, 0.29) is 10.8 Å². The summed E-state index contributed by atoms with van der Waals surface area (Å²) in [5.41, 5.74) is -0.953. The number of benzene rings is 1. The van der Waals surface area contributed by atoms with Crippen molar-refractivity contribution in [2.45, 2.75) is 6.43 Å². The number of hydrogen-bond donors (Lipinski definition) is 0. The van der Waals surface area contributed by atoms with Crippen LogP contribution in [0.3, 0.4) is 0 Å². The van der Waals surface area contributed by atoms with Crippen LogP contribution in [0.25, 0.3) is 5.69 Å². The van der Waals surface area contributed by atoms with E-state index in [0.717, 1.165) is 10.7 Å². The lowest BCUT2D eigenvalue weighted by Crippen LogP contribution is -1.98. The first-order valence-corrected chi connectivity index (χ1v) is 5.15. The van der Waals surface area contributed by atoms with E-state index >= 15 is 0 Å². The van der Waals surface area contributed by atoms with Gasteiger partial charge in [0.1, 0.15) is 23.1 Å². The summed E-state index contributed by atoms with van der Waals surface area (Å²) in [6.07, 6.45) is -2.92. The van der Waals surface area contributed by atoms with Crippen molar-refractivity contribution in [3.05, 3.63) is 46.5 Å². The van der Waals surface area contributed by atoms with Crippen molar-refractivity contribution < 1.29 is 13.2 Å². The fourth-order valence-corrected chi connectivity index (χ4v) is 1.72. The predicted molar refractivity (Wildman–Crippen MR) is 58.2 cm³/mol. The molecular formula is C11H5ClF3N3. The van der Waals surface area contributed by atoms with Crippen LogP contribution in [0.2, 0.25) is 5.15 Å². The third kappa shape index (κ3) is 2.05. The number of nitrogens with zero attached hydrogens (tertiary/aromatic N) is 3. The zero-order chi connectivity index (χ0) is 13.3. The first-order chi connectivity index (χ1) is 8.54. The molecule has 0 aliphatic rings. The van der Waals surface area contributed by atoms with Gasteiger partial charge >= 0.3 is 0 Å². The van der Waals surface area contributed by atoms with Gasteiger partial charge in [0.05, 0.1) is 5.69 Å². The van der Waals surface area contributed by atoms with E-state index in [1.807, 2.05) is 0 Å². The summed E-state index contributed by atoms with van der Waals surface area (Å²) in [7, 11) is 0. The van der Waals surface area contributed by atoms with E-state index in [0.29, 0.717) is 0 Å². The van der Waals surface area contributed by atoms with Crippen molar-refractivity contribution in [1.82, 2.24) is 9.78 Å². The number of nitriles is 1. The van der Waals surface area contributed by atoms with Gasteiger partial charge < -0.3 is 0 Å². The smallest absolute Gasteiger partial charge is 0.220 e. The zero-order valence-corrected chi connectivity index (χ0v) is 9.50. The average Bonchev–Trinajstić information content (AvgIpc) is 2.66. The Hall–Kier alpha value is -2.00. The maximum atomic E-state index is 13.0. The molecule has 0 saturated heterocycles. The molecule has 7 heteroatoms. The van der Waals surface area contributed by atoms with Crippen molar-refractivity contribution >= 4 is 11.6 Å². The van der Waals surface area contributed by atoms with Gasteiger partial charge in [0, 0.05) is 0 Å². The molecule has 3 nitrogen and oxygen atoms in total. The summed E-state index contributed by atoms with van der Waals surface area (Å²) in [6.45, 7) is 0. The van der Waals surface area contributed by atoms with Gasteiger partial charge in [-0.25, -0.2) is 17.9 Å². The molecular weight excluding hydrogens is 267 g/mol. The van der Waals surface area contributed by atoms with Gasteiger partial charge in [0.2, 0.25) is 0 Å². The molecule has 0 unspecified atom stereocenters. The van der Waals surface area contributed by atoms with E-state index in [1.165, 1.54) is 18.2 Å². The quantitative estimate of drug-likeness (QED) is 0.839. The highest BCUT2D eigenvalue weighted by atomic mass is 35.5. The molecule has 2 rings (SSSR count). The minimum absolute atomic E-state index is 0.170. The van der Waals surface area contributed by atoms with Crippen LogP contribution < -0.4 is 0 Å². The molecule has 1 aromatic carbocycles. The Morgan fingerprint density at radius 3 is 2.61 bits per heavy atom. The molecule has 1 heterocycles. The third-order valence-electron chi connectivity index (χ3n) is 2.23. The van der Waals surface area contributed by atoms with E-state index < -0.39 is 23.5 Å². The number of aromatic nitrogens is 2. The van der Waals surface area contributed by atoms with Gasteiger partial charge in [-0.15, -0.1) is 0 Å². The summed E-state index contributed by atoms with van der Waals surface area (Å²) in [5.74, 6) is -0.559. The van der Waals surface area contributed by atoms with Crippen LogP contribution in [0.4, 0.5) is 13.2 Å². The Morgan fingerprint density at radius 1 is 1.39 bits per heavy atom. The molecule has 0 N–H and O–H groups in total. The van der Waals surface area contributed by atoms with E-state index in [1.54, 1.807) is 6.07 Å². The van der Waals surface area contributed by atoms with E-state index in [2.05, 4.69) is 5.10 Å². The standard InChI is InChI=1S/C11H5ClF3N3/c12-10-8(5-16)9(11(14)15)17-18(10)7-3-1-2-6(13)4-7/h1-4,11H. The van der Waals surface area contributed by atoms with Crippen molar-refractivity contribution in [1.29, 1.82) is 5.26 Å². The van der Waals surface area contributed by atoms with Crippen molar-refractivity contribution in [3.8, 4) is 11.8 Å². The molecule has 2 aromatic rings. The molecule has 0 radical (unpaired) electrons. The summed E-state index contributed by atoms with van der Waals surface area (Å²) < 4.78 is 39.2. The van der Waals surface area contributed by atoms with E-state index in [9.17, 15) is 13.2 Å². The van der Waals surface area contributed by atoms with Crippen LogP contribution in [0.15, 0.2) is 24.3 Å². The molecule has 0 spiro atoms. The maximum Gasteiger partial charge on any atom is 0.283 e. The summed E-state index contributed by atoms with van der Waals surface area (Å²) in [6, 6.07) is 6.66. The molecule has 0 amide bonds. The van der Waals surface area contributed by atoms with Crippen LogP contribution in [0.5, 0.6) is 0 Å². The van der Waals surface area contributed by atoms with Crippen LogP contribution in [0.1, 0.15) is 17.7 Å². The van der Waals surface area contributed by atoms with Gasteiger partial charge in [0.25, 0.3) is 6.43 Å². The molecule has 1 aromatic heterocycles. The second-order valence-corrected chi connectivity index (χ2v) is 3.71. The Morgan fingerprint density at radius 2 is 2.11 bits per heavy atom. The van der Waals surface area contributed by atoms with Crippen molar-refractivity contribution in [2.24, 2.45) is 0 Å². The lowest BCUT2D eigenvalue weighted by molar-refractivity contribution is 0.145. The van der Waals surface area contributed by atoms with Crippen molar-refractivity contribution in [2.75, 3.05) is 0 Å². The average molecular weight is 272 g/mol. The van der Waals surface area contributed by atoms with Gasteiger partial charge in [-0.1, -0.05) is 17.7 Å². The molecule has 0 bridgehead atoms. The highest BCUT2D eigenvalue weighted by Crippen LogP contribution is 2.29. The van der Waals surface area contributed by atoms with E-state index in [4.69, 9.17) is 16.9 Å². The molecule has 0 saturated carbocycles. The lowest BCUT2D eigenvalue weighted by Gasteiger charge is -2.02. The topological polar surface area (TPSA) is 41.6 Å². The van der Waals surface area contributed by atoms with Crippen LogP contribution in [-0.2, 0) is 0 Å².